The fourth-order valence-corrected chi connectivity index (χ4v) is 2.30. The van der Waals surface area contributed by atoms with E-state index in [9.17, 15) is 10.1 Å². The van der Waals surface area contributed by atoms with Crippen molar-refractivity contribution in [2.24, 2.45) is 0 Å². The first-order chi connectivity index (χ1) is 12.5. The molecule has 2 aromatic rings. The molecule has 1 heterocycles. The third kappa shape index (κ3) is 4.48. The maximum atomic E-state index is 11.6. The number of benzene rings is 1. The first-order valence-corrected chi connectivity index (χ1v) is 7.74. The van der Waals surface area contributed by atoms with Gasteiger partial charge in [0.25, 0.3) is 0 Å². The van der Waals surface area contributed by atoms with Crippen LogP contribution in [0.2, 0.25) is 0 Å². The van der Waals surface area contributed by atoms with E-state index < -0.39 is 4.92 Å². The number of nitrogens with zero attached hydrogens (tertiary/aromatic N) is 3. The van der Waals surface area contributed by atoms with Crippen molar-refractivity contribution in [1.82, 2.24) is 9.97 Å². The van der Waals surface area contributed by atoms with E-state index in [-0.39, 0.29) is 23.4 Å². The minimum absolute atomic E-state index is 0.0422. The van der Waals surface area contributed by atoms with Gasteiger partial charge in [0.1, 0.15) is 17.8 Å². The molecule has 0 radical (unpaired) electrons. The van der Waals surface area contributed by atoms with E-state index in [4.69, 9.17) is 14.2 Å². The van der Waals surface area contributed by atoms with Gasteiger partial charge in [-0.1, -0.05) is 0 Å². The predicted molar refractivity (Wildman–Crippen MR) is 96.5 cm³/mol. The standard InChI is InChI=1S/C16H21N5O5/c1-10(8-24-2)19-15-14(21(22)23)16(18-9-17-15)20-12-6-5-11(25-3)7-13(12)26-4/h5-7,9-10H,8H2,1-4H3,(H2,17,18,19,20). The first-order valence-electron chi connectivity index (χ1n) is 7.74. The highest BCUT2D eigenvalue weighted by molar-refractivity contribution is 5.76. The van der Waals surface area contributed by atoms with Crippen LogP contribution in [0, 0.1) is 10.1 Å². The molecule has 0 saturated carbocycles. The molecule has 0 bridgehead atoms. The van der Waals surface area contributed by atoms with Crippen LogP contribution in [0.4, 0.5) is 23.0 Å². The van der Waals surface area contributed by atoms with Crippen molar-refractivity contribution >= 4 is 23.0 Å². The lowest BCUT2D eigenvalue weighted by Gasteiger charge is -2.15. The molecule has 0 aliphatic rings. The van der Waals surface area contributed by atoms with Crippen LogP contribution in [0.15, 0.2) is 24.5 Å². The summed E-state index contributed by atoms with van der Waals surface area (Å²) in [6.45, 7) is 2.20. The Hall–Kier alpha value is -3.14. The zero-order chi connectivity index (χ0) is 19.1. The van der Waals surface area contributed by atoms with E-state index in [0.29, 0.717) is 23.8 Å². The molecule has 140 valence electrons. The van der Waals surface area contributed by atoms with Gasteiger partial charge >= 0.3 is 5.69 Å². The van der Waals surface area contributed by atoms with Crippen LogP contribution < -0.4 is 20.1 Å². The quantitative estimate of drug-likeness (QED) is 0.511. The van der Waals surface area contributed by atoms with E-state index in [1.807, 2.05) is 6.92 Å². The lowest BCUT2D eigenvalue weighted by atomic mass is 10.2. The number of nitrogens with one attached hydrogen (secondary N) is 2. The molecule has 0 amide bonds. The Bertz CT molecular complexity index is 771. The van der Waals surface area contributed by atoms with Gasteiger partial charge in [-0.25, -0.2) is 9.97 Å². The highest BCUT2D eigenvalue weighted by Gasteiger charge is 2.25. The fourth-order valence-electron chi connectivity index (χ4n) is 2.30. The summed E-state index contributed by atoms with van der Waals surface area (Å²) < 4.78 is 15.5. The van der Waals surface area contributed by atoms with Crippen molar-refractivity contribution in [3.63, 3.8) is 0 Å². The average Bonchev–Trinajstić information content (AvgIpc) is 2.62. The van der Waals surface area contributed by atoms with E-state index in [1.54, 1.807) is 25.3 Å². The second kappa shape index (κ2) is 8.81. The van der Waals surface area contributed by atoms with Gasteiger partial charge in [-0.2, -0.15) is 0 Å². The number of methoxy groups -OCH3 is 3. The molecule has 1 unspecified atom stereocenters. The summed E-state index contributed by atoms with van der Waals surface area (Å²) in [6.07, 6.45) is 1.24. The molecule has 0 aliphatic carbocycles. The summed E-state index contributed by atoms with van der Waals surface area (Å²) in [7, 11) is 4.58. The summed E-state index contributed by atoms with van der Waals surface area (Å²) in [6, 6.07) is 4.88. The van der Waals surface area contributed by atoms with Crippen LogP contribution in [0.3, 0.4) is 0 Å². The minimum atomic E-state index is -0.541. The molecule has 1 aromatic carbocycles. The van der Waals surface area contributed by atoms with E-state index >= 15 is 0 Å². The number of anilines is 3. The summed E-state index contributed by atoms with van der Waals surface area (Å²) in [5.41, 5.74) is 0.235. The van der Waals surface area contributed by atoms with Crippen LogP contribution in [0.5, 0.6) is 11.5 Å². The number of ether oxygens (including phenoxy) is 3. The summed E-state index contributed by atoms with van der Waals surface area (Å²) in [4.78, 5) is 19.0. The van der Waals surface area contributed by atoms with Gasteiger partial charge < -0.3 is 24.8 Å². The van der Waals surface area contributed by atoms with Crippen molar-refractivity contribution in [2.75, 3.05) is 38.6 Å². The summed E-state index contributed by atoms with van der Waals surface area (Å²) >= 11 is 0. The Labute approximate surface area is 150 Å². The largest absolute Gasteiger partial charge is 0.497 e. The molecule has 1 aromatic heterocycles. The van der Waals surface area contributed by atoms with Gasteiger partial charge in [0, 0.05) is 19.2 Å². The van der Waals surface area contributed by atoms with E-state index in [2.05, 4.69) is 20.6 Å². The maximum absolute atomic E-state index is 11.6. The van der Waals surface area contributed by atoms with Crippen LogP contribution >= 0.6 is 0 Å². The zero-order valence-electron chi connectivity index (χ0n) is 15.0. The first kappa shape index (κ1) is 19.2. The fraction of sp³-hybridized carbons (Fsp3) is 0.375. The second-order valence-electron chi connectivity index (χ2n) is 5.37. The molecule has 2 N–H and O–H groups in total. The van der Waals surface area contributed by atoms with E-state index in [1.165, 1.54) is 20.5 Å². The molecular formula is C16H21N5O5. The van der Waals surface area contributed by atoms with Gasteiger partial charge in [-0.15, -0.1) is 0 Å². The summed E-state index contributed by atoms with van der Waals surface area (Å²) in [5, 5.41) is 17.5. The van der Waals surface area contributed by atoms with Crippen molar-refractivity contribution in [3.05, 3.63) is 34.6 Å². The number of rotatable bonds is 9. The predicted octanol–water partition coefficient (Wildman–Crippen LogP) is 2.59. The van der Waals surface area contributed by atoms with Gasteiger partial charge in [0.05, 0.1) is 31.4 Å². The molecule has 2 rings (SSSR count). The van der Waals surface area contributed by atoms with Gasteiger partial charge in [-0.3, -0.25) is 10.1 Å². The zero-order valence-corrected chi connectivity index (χ0v) is 15.0. The average molecular weight is 363 g/mol. The monoisotopic (exact) mass is 363 g/mol. The molecule has 10 heteroatoms. The molecule has 0 saturated heterocycles. The van der Waals surface area contributed by atoms with Crippen molar-refractivity contribution in [1.29, 1.82) is 0 Å². The molecule has 0 aliphatic heterocycles. The molecule has 1 atom stereocenters. The number of aromatic nitrogens is 2. The van der Waals surface area contributed by atoms with Crippen LogP contribution in [-0.4, -0.2) is 48.9 Å². The van der Waals surface area contributed by atoms with E-state index in [0.717, 1.165) is 0 Å². The maximum Gasteiger partial charge on any atom is 0.353 e. The van der Waals surface area contributed by atoms with Gasteiger partial charge in [0.15, 0.2) is 0 Å². The molecule has 0 spiro atoms. The topological polar surface area (TPSA) is 121 Å². The van der Waals surface area contributed by atoms with Crippen molar-refractivity contribution < 1.29 is 19.1 Å². The van der Waals surface area contributed by atoms with Gasteiger partial charge in [-0.05, 0) is 19.1 Å². The Morgan fingerprint density at radius 3 is 2.54 bits per heavy atom. The van der Waals surface area contributed by atoms with Crippen molar-refractivity contribution in [3.8, 4) is 11.5 Å². The Balaban J connectivity index is 2.39. The normalized spacial score (nSPS) is 11.5. The number of nitro groups is 1. The smallest absolute Gasteiger partial charge is 0.353 e. The van der Waals surface area contributed by atoms with Crippen LogP contribution in [0.1, 0.15) is 6.92 Å². The number of hydrogen-bond donors (Lipinski definition) is 2. The summed E-state index contributed by atoms with van der Waals surface area (Å²) in [5.74, 6) is 1.20. The number of hydrogen-bond acceptors (Lipinski definition) is 9. The van der Waals surface area contributed by atoms with Crippen LogP contribution in [-0.2, 0) is 4.74 Å². The Morgan fingerprint density at radius 2 is 1.92 bits per heavy atom. The molecule has 0 fully saturated rings. The third-order valence-electron chi connectivity index (χ3n) is 3.47. The van der Waals surface area contributed by atoms with Crippen LogP contribution in [0.25, 0.3) is 0 Å². The third-order valence-corrected chi connectivity index (χ3v) is 3.47. The molecule has 26 heavy (non-hydrogen) atoms. The SMILES string of the molecule is COCC(C)Nc1ncnc(Nc2ccc(OC)cc2OC)c1[N+](=O)[O-]. The Morgan fingerprint density at radius 1 is 1.19 bits per heavy atom. The lowest BCUT2D eigenvalue weighted by molar-refractivity contribution is -0.383. The highest BCUT2D eigenvalue weighted by Crippen LogP contribution is 2.36. The molecular weight excluding hydrogens is 342 g/mol. The van der Waals surface area contributed by atoms with Gasteiger partial charge in [0.2, 0.25) is 11.6 Å². The molecule has 10 nitrogen and oxygen atoms in total. The lowest BCUT2D eigenvalue weighted by Crippen LogP contribution is -2.22. The minimum Gasteiger partial charge on any atom is -0.497 e. The Kier molecular flexibility index (Phi) is 6.50. The second-order valence-corrected chi connectivity index (χ2v) is 5.37. The highest BCUT2D eigenvalue weighted by atomic mass is 16.6. The van der Waals surface area contributed by atoms with Crippen molar-refractivity contribution in [2.45, 2.75) is 13.0 Å².